The van der Waals surface area contributed by atoms with E-state index in [0.29, 0.717) is 15.6 Å². The molecular weight excluding hydrogens is 368 g/mol. The number of nitrogens with one attached hydrogen (secondary N) is 1. The molecule has 0 aromatic heterocycles. The second kappa shape index (κ2) is 8.32. The summed E-state index contributed by atoms with van der Waals surface area (Å²) in [6, 6.07) is 9.91. The molecule has 0 heterocycles. The lowest BCUT2D eigenvalue weighted by atomic mass is 10.1. The lowest BCUT2D eigenvalue weighted by Crippen LogP contribution is -2.37. The number of hydrogen-bond donors (Lipinski definition) is 1. The van der Waals surface area contributed by atoms with E-state index in [9.17, 15) is 14.0 Å². The largest absolute Gasteiger partial charge is 0.449 e. The van der Waals surface area contributed by atoms with Crippen molar-refractivity contribution >= 4 is 35.1 Å². The highest BCUT2D eigenvalue weighted by Gasteiger charge is 2.23. The van der Waals surface area contributed by atoms with Crippen molar-refractivity contribution in [2.24, 2.45) is 0 Å². The normalized spacial score (nSPS) is 13.0. The minimum atomic E-state index is -1.10. The summed E-state index contributed by atoms with van der Waals surface area (Å²) in [6.07, 6.45) is -1.10. The van der Waals surface area contributed by atoms with Crippen LogP contribution < -0.4 is 5.32 Å². The zero-order valence-corrected chi connectivity index (χ0v) is 15.1. The predicted octanol–water partition coefficient (Wildman–Crippen LogP) is 4.56. The first-order valence-corrected chi connectivity index (χ1v) is 8.26. The number of rotatable bonds is 5. The van der Waals surface area contributed by atoms with Gasteiger partial charge in [-0.05, 0) is 43.7 Å². The Morgan fingerprint density at radius 2 is 1.80 bits per heavy atom. The molecular formula is C18H16Cl2FNO3. The Morgan fingerprint density at radius 1 is 1.12 bits per heavy atom. The number of amides is 1. The highest BCUT2D eigenvalue weighted by molar-refractivity contribution is 6.35. The summed E-state index contributed by atoms with van der Waals surface area (Å²) in [5.41, 5.74) is 0.447. The Labute approximate surface area is 154 Å². The monoisotopic (exact) mass is 383 g/mol. The van der Waals surface area contributed by atoms with Gasteiger partial charge in [0.05, 0.1) is 11.6 Å². The van der Waals surface area contributed by atoms with Gasteiger partial charge in [0.1, 0.15) is 5.82 Å². The fraction of sp³-hybridized carbons (Fsp3) is 0.222. The number of carbonyl (C=O) groups excluding carboxylic acids is 2. The Bertz CT molecular complexity index is 798. The summed E-state index contributed by atoms with van der Waals surface area (Å²) >= 11 is 12.0. The molecule has 0 aliphatic rings. The van der Waals surface area contributed by atoms with Crippen molar-refractivity contribution in [3.8, 4) is 0 Å². The van der Waals surface area contributed by atoms with Crippen molar-refractivity contribution in [3.63, 3.8) is 0 Å². The topological polar surface area (TPSA) is 55.4 Å². The van der Waals surface area contributed by atoms with Crippen LogP contribution in [0.15, 0.2) is 42.5 Å². The summed E-state index contributed by atoms with van der Waals surface area (Å²) < 4.78 is 18.6. The molecule has 2 rings (SSSR count). The van der Waals surface area contributed by atoms with Gasteiger partial charge in [0.25, 0.3) is 5.91 Å². The SMILES string of the molecule is C[C@H](OC(=O)c1ccccc1F)C(=O)N[C@H](C)c1ccc(Cl)cc1Cl. The molecule has 0 unspecified atom stereocenters. The highest BCUT2D eigenvalue weighted by atomic mass is 35.5. The van der Waals surface area contributed by atoms with Crippen molar-refractivity contribution in [3.05, 3.63) is 69.5 Å². The number of esters is 1. The molecule has 132 valence electrons. The summed E-state index contributed by atoms with van der Waals surface area (Å²) in [5.74, 6) is -2.14. The summed E-state index contributed by atoms with van der Waals surface area (Å²) in [6.45, 7) is 3.14. The molecule has 25 heavy (non-hydrogen) atoms. The van der Waals surface area contributed by atoms with E-state index in [1.807, 2.05) is 0 Å². The van der Waals surface area contributed by atoms with Crippen molar-refractivity contribution in [1.82, 2.24) is 5.32 Å². The average molecular weight is 384 g/mol. The van der Waals surface area contributed by atoms with Gasteiger partial charge < -0.3 is 10.1 Å². The van der Waals surface area contributed by atoms with E-state index in [4.69, 9.17) is 27.9 Å². The van der Waals surface area contributed by atoms with Crippen molar-refractivity contribution in [1.29, 1.82) is 0 Å². The third kappa shape index (κ3) is 4.94. The minimum absolute atomic E-state index is 0.226. The van der Waals surface area contributed by atoms with Gasteiger partial charge >= 0.3 is 5.97 Å². The molecule has 1 N–H and O–H groups in total. The molecule has 2 atom stereocenters. The molecule has 1 amide bonds. The second-order valence-electron chi connectivity index (χ2n) is 5.42. The van der Waals surface area contributed by atoms with Gasteiger partial charge in [0.2, 0.25) is 0 Å². The zero-order valence-electron chi connectivity index (χ0n) is 13.6. The molecule has 7 heteroatoms. The van der Waals surface area contributed by atoms with Crippen LogP contribution in [0, 0.1) is 5.82 Å². The van der Waals surface area contributed by atoms with Gasteiger partial charge in [-0.15, -0.1) is 0 Å². The van der Waals surface area contributed by atoms with E-state index in [2.05, 4.69) is 5.32 Å². The first kappa shape index (κ1) is 19.2. The number of ether oxygens (including phenoxy) is 1. The lowest BCUT2D eigenvalue weighted by Gasteiger charge is -2.19. The van der Waals surface area contributed by atoms with E-state index in [0.717, 1.165) is 6.07 Å². The number of hydrogen-bond acceptors (Lipinski definition) is 3. The maximum Gasteiger partial charge on any atom is 0.341 e. The zero-order chi connectivity index (χ0) is 18.6. The van der Waals surface area contributed by atoms with Crippen LogP contribution in [-0.4, -0.2) is 18.0 Å². The minimum Gasteiger partial charge on any atom is -0.449 e. The fourth-order valence-electron chi connectivity index (χ4n) is 2.17. The van der Waals surface area contributed by atoms with Crippen molar-refractivity contribution in [2.45, 2.75) is 26.0 Å². The first-order chi connectivity index (χ1) is 11.8. The number of carbonyl (C=O) groups is 2. The van der Waals surface area contributed by atoms with E-state index in [1.54, 1.807) is 25.1 Å². The molecule has 0 saturated carbocycles. The van der Waals surface area contributed by atoms with Crippen LogP contribution in [0.1, 0.15) is 35.8 Å². The van der Waals surface area contributed by atoms with Crippen molar-refractivity contribution < 1.29 is 18.7 Å². The van der Waals surface area contributed by atoms with E-state index in [1.165, 1.54) is 25.1 Å². The van der Waals surface area contributed by atoms with Gasteiger partial charge in [-0.3, -0.25) is 4.79 Å². The fourth-order valence-corrected chi connectivity index (χ4v) is 2.74. The molecule has 2 aromatic rings. The Morgan fingerprint density at radius 3 is 2.44 bits per heavy atom. The molecule has 0 radical (unpaired) electrons. The molecule has 2 aromatic carbocycles. The Hall–Kier alpha value is -2.11. The summed E-state index contributed by atoms with van der Waals surface area (Å²) in [4.78, 5) is 24.2. The lowest BCUT2D eigenvalue weighted by molar-refractivity contribution is -0.129. The molecule has 4 nitrogen and oxygen atoms in total. The first-order valence-electron chi connectivity index (χ1n) is 7.50. The van der Waals surface area contributed by atoms with Crippen LogP contribution in [0.4, 0.5) is 4.39 Å². The third-order valence-electron chi connectivity index (χ3n) is 3.53. The average Bonchev–Trinajstić information content (AvgIpc) is 2.54. The van der Waals surface area contributed by atoms with Gasteiger partial charge in [0, 0.05) is 10.0 Å². The second-order valence-corrected chi connectivity index (χ2v) is 6.27. The van der Waals surface area contributed by atoms with E-state index < -0.39 is 29.8 Å². The molecule has 0 fully saturated rings. The van der Waals surface area contributed by atoms with Gasteiger partial charge in [0.15, 0.2) is 6.10 Å². The molecule has 0 spiro atoms. The Balaban J connectivity index is 2.00. The van der Waals surface area contributed by atoms with Gasteiger partial charge in [-0.25, -0.2) is 9.18 Å². The van der Waals surface area contributed by atoms with Crippen LogP contribution in [-0.2, 0) is 9.53 Å². The van der Waals surface area contributed by atoms with E-state index >= 15 is 0 Å². The standard InChI is InChI=1S/C18H16Cl2FNO3/c1-10(13-8-7-12(19)9-15(13)20)22-17(23)11(2)25-18(24)14-5-3-4-6-16(14)21/h3-11H,1-2H3,(H,22,23)/t10-,11+/m1/s1. The van der Waals surface area contributed by atoms with Gasteiger partial charge in [-0.2, -0.15) is 0 Å². The summed E-state index contributed by atoms with van der Waals surface area (Å²) in [7, 11) is 0. The summed E-state index contributed by atoms with van der Waals surface area (Å²) in [5, 5.41) is 3.59. The molecule has 0 saturated heterocycles. The van der Waals surface area contributed by atoms with Gasteiger partial charge in [-0.1, -0.05) is 41.4 Å². The maximum atomic E-state index is 13.6. The maximum absolute atomic E-state index is 13.6. The van der Waals surface area contributed by atoms with Crippen LogP contribution in [0.25, 0.3) is 0 Å². The van der Waals surface area contributed by atoms with Crippen LogP contribution in [0.2, 0.25) is 10.0 Å². The van der Waals surface area contributed by atoms with Crippen LogP contribution >= 0.6 is 23.2 Å². The third-order valence-corrected chi connectivity index (χ3v) is 4.10. The quantitative estimate of drug-likeness (QED) is 0.770. The Kier molecular flexibility index (Phi) is 6.39. The van der Waals surface area contributed by atoms with E-state index in [-0.39, 0.29) is 5.56 Å². The van der Waals surface area contributed by atoms with Crippen LogP contribution in [0.5, 0.6) is 0 Å². The van der Waals surface area contributed by atoms with Crippen molar-refractivity contribution in [2.75, 3.05) is 0 Å². The highest BCUT2D eigenvalue weighted by Crippen LogP contribution is 2.26. The number of halogens is 3. The van der Waals surface area contributed by atoms with Crippen LogP contribution in [0.3, 0.4) is 0 Å². The molecule has 0 aliphatic carbocycles. The molecule has 0 aliphatic heterocycles. The smallest absolute Gasteiger partial charge is 0.341 e. The predicted molar refractivity (Wildman–Crippen MR) is 94.3 cm³/mol. The molecule has 0 bridgehead atoms. The number of benzene rings is 2.